The molecule has 1 saturated heterocycles. The number of carbonyl (C=O) groups excluding carboxylic acids is 1. The second-order valence-electron chi connectivity index (χ2n) is 7.32. The molecule has 4 rings (SSSR count). The summed E-state index contributed by atoms with van der Waals surface area (Å²) in [7, 11) is 0. The van der Waals surface area contributed by atoms with Gasteiger partial charge in [0, 0.05) is 29.4 Å². The van der Waals surface area contributed by atoms with Crippen LogP contribution in [0, 0.1) is 13.8 Å². The largest absolute Gasteiger partial charge is 0.389 e. The predicted octanol–water partition coefficient (Wildman–Crippen LogP) is 2.87. The van der Waals surface area contributed by atoms with Crippen molar-refractivity contribution >= 4 is 17.2 Å². The van der Waals surface area contributed by atoms with Crippen LogP contribution in [0.15, 0.2) is 12.1 Å². The van der Waals surface area contributed by atoms with E-state index in [1.165, 1.54) is 16.9 Å². The monoisotopic (exact) mass is 374 g/mol. The Labute approximate surface area is 158 Å². The Hall–Kier alpha value is -1.63. The van der Waals surface area contributed by atoms with Crippen LogP contribution in [0.3, 0.4) is 0 Å². The number of fused-ring (bicyclic) bond motifs is 1. The molecule has 0 unspecified atom stereocenters. The van der Waals surface area contributed by atoms with Crippen LogP contribution in [0.5, 0.6) is 0 Å². The summed E-state index contributed by atoms with van der Waals surface area (Å²) in [6, 6.07) is 4.21. The maximum atomic E-state index is 13.5. The zero-order valence-electron chi connectivity index (χ0n) is 15.5. The van der Waals surface area contributed by atoms with Crippen molar-refractivity contribution in [2.45, 2.75) is 45.6 Å². The molecule has 2 aromatic rings. The lowest BCUT2D eigenvalue weighted by Gasteiger charge is -2.23. The van der Waals surface area contributed by atoms with Crippen LogP contribution >= 0.6 is 11.3 Å². The quantitative estimate of drug-likeness (QED) is 0.879. The van der Waals surface area contributed by atoms with Gasteiger partial charge in [-0.3, -0.25) is 4.79 Å². The lowest BCUT2D eigenvalue weighted by molar-refractivity contribution is 0.0534. The van der Waals surface area contributed by atoms with Crippen LogP contribution in [-0.4, -0.2) is 52.9 Å². The van der Waals surface area contributed by atoms with Crippen molar-refractivity contribution in [2.75, 3.05) is 26.3 Å². The second-order valence-corrected chi connectivity index (χ2v) is 8.41. The molecule has 0 radical (unpaired) electrons. The van der Waals surface area contributed by atoms with E-state index in [1.807, 2.05) is 0 Å². The summed E-state index contributed by atoms with van der Waals surface area (Å²) in [5.41, 5.74) is 4.37. The number of rotatable bonds is 2. The highest BCUT2D eigenvalue weighted by atomic mass is 32.1. The van der Waals surface area contributed by atoms with E-state index in [0.717, 1.165) is 41.2 Å². The molecule has 2 aromatic heterocycles. The van der Waals surface area contributed by atoms with Crippen LogP contribution in [0.4, 0.5) is 0 Å². The minimum absolute atomic E-state index is 0.0384. The standard InChI is InChI=1S/C20H26N2O3S/c1-13-7-8-14(2)22(13)20-18(16-5-3-4-6-17(16)26-20)19(24)21-9-10-25-12-15(23)11-21/h7-8,15,23H,3-6,9-12H2,1-2H3/t15-/m1/s1. The number of nitrogens with zero attached hydrogens (tertiary/aromatic N) is 2. The molecular formula is C20H26N2O3S. The number of aromatic nitrogens is 1. The lowest BCUT2D eigenvalue weighted by atomic mass is 9.95. The average molecular weight is 375 g/mol. The molecule has 1 aliphatic carbocycles. The average Bonchev–Trinajstić information content (AvgIpc) is 3.07. The van der Waals surface area contributed by atoms with Crippen molar-refractivity contribution < 1.29 is 14.6 Å². The van der Waals surface area contributed by atoms with Crippen molar-refractivity contribution in [3.8, 4) is 5.00 Å². The molecule has 0 aromatic carbocycles. The molecule has 1 N–H and O–H groups in total. The van der Waals surface area contributed by atoms with Gasteiger partial charge < -0.3 is 19.3 Å². The highest BCUT2D eigenvalue weighted by Crippen LogP contribution is 2.39. The fraction of sp³-hybridized carbons (Fsp3) is 0.550. The fourth-order valence-corrected chi connectivity index (χ4v) is 5.55. The maximum absolute atomic E-state index is 13.5. The van der Waals surface area contributed by atoms with Crippen LogP contribution in [-0.2, 0) is 17.6 Å². The van der Waals surface area contributed by atoms with Crippen molar-refractivity contribution in [3.05, 3.63) is 39.5 Å². The molecule has 3 heterocycles. The molecule has 0 spiro atoms. The number of aliphatic hydroxyl groups excluding tert-OH is 1. The van der Waals surface area contributed by atoms with Crippen LogP contribution < -0.4 is 0 Å². The molecule has 2 aliphatic rings. The molecule has 1 aliphatic heterocycles. The summed E-state index contributed by atoms with van der Waals surface area (Å²) in [6.07, 6.45) is 3.75. The van der Waals surface area contributed by atoms with Crippen molar-refractivity contribution in [1.29, 1.82) is 0 Å². The highest BCUT2D eigenvalue weighted by molar-refractivity contribution is 7.15. The highest BCUT2D eigenvalue weighted by Gasteiger charge is 2.31. The smallest absolute Gasteiger partial charge is 0.257 e. The van der Waals surface area contributed by atoms with E-state index in [-0.39, 0.29) is 5.91 Å². The molecule has 6 heteroatoms. The van der Waals surface area contributed by atoms with E-state index in [2.05, 4.69) is 30.5 Å². The van der Waals surface area contributed by atoms with Gasteiger partial charge in [0.2, 0.25) is 0 Å². The first kappa shape index (κ1) is 17.8. The normalized spacial score (nSPS) is 20.7. The van der Waals surface area contributed by atoms with Crippen LogP contribution in [0.25, 0.3) is 5.00 Å². The number of hydrogen-bond acceptors (Lipinski definition) is 4. The van der Waals surface area contributed by atoms with E-state index in [1.54, 1.807) is 16.2 Å². The topological polar surface area (TPSA) is 54.7 Å². The van der Waals surface area contributed by atoms with Gasteiger partial charge in [0.05, 0.1) is 24.9 Å². The zero-order valence-corrected chi connectivity index (χ0v) is 16.3. The summed E-state index contributed by atoms with van der Waals surface area (Å²) in [5, 5.41) is 11.1. The van der Waals surface area contributed by atoms with E-state index in [0.29, 0.717) is 26.3 Å². The van der Waals surface area contributed by atoms with Crippen molar-refractivity contribution in [3.63, 3.8) is 0 Å². The number of amides is 1. The molecule has 26 heavy (non-hydrogen) atoms. The molecule has 0 saturated carbocycles. The number of aryl methyl sites for hydroxylation is 3. The van der Waals surface area contributed by atoms with Crippen molar-refractivity contribution in [2.24, 2.45) is 0 Å². The first-order valence-electron chi connectivity index (χ1n) is 9.41. The minimum atomic E-state index is -0.616. The summed E-state index contributed by atoms with van der Waals surface area (Å²) >= 11 is 1.77. The third-order valence-electron chi connectivity index (χ3n) is 5.37. The van der Waals surface area contributed by atoms with Gasteiger partial charge in [0.1, 0.15) is 5.00 Å². The Bertz CT molecular complexity index is 804. The molecule has 140 valence electrons. The van der Waals surface area contributed by atoms with Gasteiger partial charge in [0.15, 0.2) is 0 Å². The molecule has 0 bridgehead atoms. The summed E-state index contributed by atoms with van der Waals surface area (Å²) < 4.78 is 7.62. The van der Waals surface area contributed by atoms with Gasteiger partial charge in [0.25, 0.3) is 5.91 Å². The molecular weight excluding hydrogens is 348 g/mol. The van der Waals surface area contributed by atoms with Gasteiger partial charge >= 0.3 is 0 Å². The fourth-order valence-electron chi connectivity index (χ4n) is 4.05. The molecule has 1 fully saturated rings. The SMILES string of the molecule is Cc1ccc(C)n1-c1sc2c(c1C(=O)N1CCOC[C@H](O)C1)CCCC2. The van der Waals surface area contributed by atoms with Crippen LogP contribution in [0.1, 0.15) is 45.0 Å². The number of aliphatic hydroxyl groups is 1. The lowest BCUT2D eigenvalue weighted by Crippen LogP contribution is -2.38. The first-order chi connectivity index (χ1) is 12.6. The maximum Gasteiger partial charge on any atom is 0.257 e. The Balaban J connectivity index is 1.81. The first-order valence-corrected chi connectivity index (χ1v) is 10.2. The van der Waals surface area contributed by atoms with Gasteiger partial charge in [-0.15, -0.1) is 11.3 Å². The number of β-amino-alcohol motifs (C(OH)–C–C–N with tert-alkyl or cyclic N) is 1. The Kier molecular flexibility index (Phi) is 4.90. The van der Waals surface area contributed by atoms with E-state index < -0.39 is 6.10 Å². The predicted molar refractivity (Wildman–Crippen MR) is 102 cm³/mol. The Morgan fingerprint density at radius 2 is 1.96 bits per heavy atom. The molecule has 5 nitrogen and oxygen atoms in total. The number of thiophene rings is 1. The Morgan fingerprint density at radius 1 is 1.23 bits per heavy atom. The third kappa shape index (κ3) is 3.10. The van der Waals surface area contributed by atoms with E-state index in [4.69, 9.17) is 4.74 Å². The van der Waals surface area contributed by atoms with Crippen molar-refractivity contribution in [1.82, 2.24) is 9.47 Å². The molecule has 1 atom stereocenters. The van der Waals surface area contributed by atoms with Crippen LogP contribution in [0.2, 0.25) is 0 Å². The number of ether oxygens (including phenoxy) is 1. The van der Waals surface area contributed by atoms with Gasteiger partial charge in [-0.1, -0.05) is 0 Å². The van der Waals surface area contributed by atoms with E-state index in [9.17, 15) is 9.90 Å². The summed E-state index contributed by atoms with van der Waals surface area (Å²) in [5.74, 6) is 0.0384. The van der Waals surface area contributed by atoms with Gasteiger partial charge in [-0.05, 0) is 57.2 Å². The van der Waals surface area contributed by atoms with E-state index >= 15 is 0 Å². The number of hydrogen-bond donors (Lipinski definition) is 1. The Morgan fingerprint density at radius 3 is 2.73 bits per heavy atom. The summed E-state index contributed by atoms with van der Waals surface area (Å²) in [4.78, 5) is 16.6. The minimum Gasteiger partial charge on any atom is -0.389 e. The number of carbonyl (C=O) groups is 1. The van der Waals surface area contributed by atoms with Gasteiger partial charge in [-0.2, -0.15) is 0 Å². The second kappa shape index (κ2) is 7.18. The molecule has 1 amide bonds. The van der Waals surface area contributed by atoms with Gasteiger partial charge in [-0.25, -0.2) is 0 Å². The third-order valence-corrected chi connectivity index (χ3v) is 6.65. The summed E-state index contributed by atoms with van der Waals surface area (Å²) in [6.45, 7) is 5.82. The zero-order chi connectivity index (χ0) is 18.3.